The molecule has 0 radical (unpaired) electrons. The number of rotatable bonds is 2. The molecule has 0 amide bonds. The average molecular weight is 496 g/mol. The highest BCUT2D eigenvalue weighted by Crippen LogP contribution is 2.62. The molecule has 0 fully saturated rings. The van der Waals surface area contributed by atoms with Crippen LogP contribution in [0.5, 0.6) is 0 Å². The molecule has 0 aliphatic heterocycles. The smallest absolute Gasteiger partial charge is 0.141 e. The molecule has 0 saturated carbocycles. The van der Waals surface area contributed by atoms with E-state index in [0.29, 0.717) is 5.69 Å². The van der Waals surface area contributed by atoms with E-state index < -0.39 is 0 Å². The SMILES string of the molecule is N#Cc1cc(-c2cccc(-c3ccc4c(c3)-c3ccccc3C43c4ccccc4-c4ccccc43)n2)ccn1. The molecule has 3 heteroatoms. The highest BCUT2D eigenvalue weighted by molar-refractivity contribution is 5.95. The minimum atomic E-state index is -0.336. The summed E-state index contributed by atoms with van der Waals surface area (Å²) in [7, 11) is 0. The first kappa shape index (κ1) is 21.7. The Morgan fingerprint density at radius 3 is 1.67 bits per heavy atom. The zero-order chi connectivity index (χ0) is 26.0. The molecular weight excluding hydrogens is 474 g/mol. The Hall–Kier alpha value is -5.33. The summed E-state index contributed by atoms with van der Waals surface area (Å²) in [6, 6.07) is 45.2. The molecule has 0 saturated heterocycles. The summed E-state index contributed by atoms with van der Waals surface area (Å²) in [6.45, 7) is 0. The maximum Gasteiger partial charge on any atom is 0.141 e. The quantitative estimate of drug-likeness (QED) is 0.244. The molecule has 2 heterocycles. The number of pyridine rings is 2. The van der Waals surface area contributed by atoms with Gasteiger partial charge in [0.05, 0.1) is 16.8 Å². The van der Waals surface area contributed by atoms with Gasteiger partial charge < -0.3 is 0 Å². The zero-order valence-electron chi connectivity index (χ0n) is 21.0. The van der Waals surface area contributed by atoms with E-state index in [1.54, 1.807) is 12.3 Å². The number of aromatic nitrogens is 2. The lowest BCUT2D eigenvalue weighted by Gasteiger charge is -2.30. The van der Waals surface area contributed by atoms with Crippen LogP contribution in [0.4, 0.5) is 0 Å². The Morgan fingerprint density at radius 1 is 0.513 bits per heavy atom. The summed E-state index contributed by atoms with van der Waals surface area (Å²) in [5, 5.41) is 9.29. The third-order valence-corrected chi connectivity index (χ3v) is 8.21. The van der Waals surface area contributed by atoms with Gasteiger partial charge in [-0.05, 0) is 74.8 Å². The van der Waals surface area contributed by atoms with Crippen molar-refractivity contribution in [2.45, 2.75) is 5.41 Å². The van der Waals surface area contributed by atoms with Crippen molar-refractivity contribution in [3.05, 3.63) is 155 Å². The van der Waals surface area contributed by atoms with Crippen LogP contribution < -0.4 is 0 Å². The van der Waals surface area contributed by atoms with Crippen LogP contribution >= 0.6 is 0 Å². The molecule has 8 rings (SSSR count). The average Bonchev–Trinajstić information content (AvgIpc) is 3.48. The summed E-state index contributed by atoms with van der Waals surface area (Å²) in [4.78, 5) is 9.10. The lowest BCUT2D eigenvalue weighted by atomic mass is 9.70. The number of nitrogens with zero attached hydrogens (tertiary/aromatic N) is 3. The van der Waals surface area contributed by atoms with Crippen molar-refractivity contribution in [1.29, 1.82) is 5.26 Å². The molecule has 4 aromatic carbocycles. The van der Waals surface area contributed by atoms with Crippen molar-refractivity contribution in [2.75, 3.05) is 0 Å². The van der Waals surface area contributed by atoms with E-state index in [-0.39, 0.29) is 5.41 Å². The first-order valence-corrected chi connectivity index (χ1v) is 13.1. The third kappa shape index (κ3) is 2.92. The zero-order valence-corrected chi connectivity index (χ0v) is 21.0. The molecule has 1 spiro atoms. The van der Waals surface area contributed by atoms with Crippen LogP contribution in [0.2, 0.25) is 0 Å². The third-order valence-electron chi connectivity index (χ3n) is 8.21. The van der Waals surface area contributed by atoms with Crippen LogP contribution in [0.1, 0.15) is 27.9 Å². The summed E-state index contributed by atoms with van der Waals surface area (Å²) < 4.78 is 0. The van der Waals surface area contributed by atoms with Crippen molar-refractivity contribution in [1.82, 2.24) is 9.97 Å². The van der Waals surface area contributed by atoms with E-state index in [4.69, 9.17) is 4.98 Å². The lowest BCUT2D eigenvalue weighted by Crippen LogP contribution is -2.25. The van der Waals surface area contributed by atoms with Crippen molar-refractivity contribution in [3.8, 4) is 50.8 Å². The molecule has 0 atom stereocenters. The Kier molecular flexibility index (Phi) is 4.50. The number of hydrogen-bond acceptors (Lipinski definition) is 3. The number of nitriles is 1. The maximum absolute atomic E-state index is 9.29. The van der Waals surface area contributed by atoms with Crippen LogP contribution in [0.3, 0.4) is 0 Å². The molecule has 0 bridgehead atoms. The molecule has 180 valence electrons. The largest absolute Gasteiger partial charge is 0.248 e. The Balaban J connectivity index is 1.35. The van der Waals surface area contributed by atoms with Crippen LogP contribution in [0.25, 0.3) is 44.8 Å². The van der Waals surface area contributed by atoms with Gasteiger partial charge in [0.1, 0.15) is 11.8 Å². The van der Waals surface area contributed by atoms with E-state index in [9.17, 15) is 5.26 Å². The summed E-state index contributed by atoms with van der Waals surface area (Å²) in [6.07, 6.45) is 1.66. The second-order valence-electron chi connectivity index (χ2n) is 10.1. The van der Waals surface area contributed by atoms with Gasteiger partial charge in [-0.15, -0.1) is 0 Å². The molecule has 0 unspecified atom stereocenters. The predicted octanol–water partition coefficient (Wildman–Crippen LogP) is 8.03. The second kappa shape index (κ2) is 8.08. The van der Waals surface area contributed by atoms with E-state index >= 15 is 0 Å². The van der Waals surface area contributed by atoms with Gasteiger partial charge in [0.15, 0.2) is 0 Å². The Labute approximate surface area is 226 Å². The van der Waals surface area contributed by atoms with Gasteiger partial charge in [-0.2, -0.15) is 5.26 Å². The van der Waals surface area contributed by atoms with Gasteiger partial charge in [0.2, 0.25) is 0 Å². The van der Waals surface area contributed by atoms with Gasteiger partial charge in [-0.1, -0.05) is 91.0 Å². The van der Waals surface area contributed by atoms with Crippen molar-refractivity contribution in [2.24, 2.45) is 0 Å². The van der Waals surface area contributed by atoms with Crippen molar-refractivity contribution in [3.63, 3.8) is 0 Å². The van der Waals surface area contributed by atoms with Gasteiger partial charge in [0, 0.05) is 17.3 Å². The number of benzene rings is 4. The minimum Gasteiger partial charge on any atom is -0.248 e. The van der Waals surface area contributed by atoms with Crippen LogP contribution in [-0.4, -0.2) is 9.97 Å². The fourth-order valence-corrected chi connectivity index (χ4v) is 6.67. The van der Waals surface area contributed by atoms with E-state index in [0.717, 1.165) is 22.5 Å². The fourth-order valence-electron chi connectivity index (χ4n) is 6.67. The summed E-state index contributed by atoms with van der Waals surface area (Å²) in [5.74, 6) is 0. The molecule has 6 aromatic rings. The Morgan fingerprint density at radius 2 is 1.05 bits per heavy atom. The lowest BCUT2D eigenvalue weighted by molar-refractivity contribution is 0.794. The van der Waals surface area contributed by atoms with Crippen LogP contribution in [0, 0.1) is 11.3 Å². The molecule has 2 aromatic heterocycles. The van der Waals surface area contributed by atoms with Crippen LogP contribution in [0.15, 0.2) is 128 Å². The van der Waals surface area contributed by atoms with Gasteiger partial charge in [-0.3, -0.25) is 0 Å². The van der Waals surface area contributed by atoms with E-state index in [1.165, 1.54) is 44.5 Å². The molecule has 2 aliphatic rings. The Bertz CT molecular complexity index is 1950. The predicted molar refractivity (Wildman–Crippen MR) is 154 cm³/mol. The summed E-state index contributed by atoms with van der Waals surface area (Å²) >= 11 is 0. The molecule has 3 nitrogen and oxygen atoms in total. The highest BCUT2D eigenvalue weighted by Gasteiger charge is 2.51. The highest BCUT2D eigenvalue weighted by atomic mass is 14.7. The number of fused-ring (bicyclic) bond motifs is 10. The summed E-state index contributed by atoms with van der Waals surface area (Å²) in [5.41, 5.74) is 14.2. The molecule has 39 heavy (non-hydrogen) atoms. The maximum atomic E-state index is 9.29. The normalized spacial score (nSPS) is 13.3. The van der Waals surface area contributed by atoms with Gasteiger partial charge >= 0.3 is 0 Å². The van der Waals surface area contributed by atoms with Crippen LogP contribution in [-0.2, 0) is 5.41 Å². The molecule has 2 aliphatic carbocycles. The fraction of sp³-hybridized carbons (Fsp3) is 0.0278. The number of hydrogen-bond donors (Lipinski definition) is 0. The minimum absolute atomic E-state index is 0.336. The first-order chi connectivity index (χ1) is 19.3. The van der Waals surface area contributed by atoms with Crippen molar-refractivity contribution >= 4 is 0 Å². The van der Waals surface area contributed by atoms with Crippen molar-refractivity contribution < 1.29 is 0 Å². The molecule has 0 N–H and O–H groups in total. The van der Waals surface area contributed by atoms with Gasteiger partial charge in [-0.25, -0.2) is 9.97 Å². The first-order valence-electron chi connectivity index (χ1n) is 13.1. The molecular formula is C36H21N3. The van der Waals surface area contributed by atoms with E-state index in [2.05, 4.69) is 108 Å². The standard InChI is InChI=1S/C36H21N3/c37-22-25-20-24(18-19-38-25)35-15-7-14-34(39-35)23-16-17-33-29(21-23)28-10-3-6-13-32(28)36(33)30-11-4-1-8-26(30)27-9-2-5-12-31(27)36/h1-21H. The topological polar surface area (TPSA) is 49.6 Å². The monoisotopic (exact) mass is 495 g/mol. The second-order valence-corrected chi connectivity index (χ2v) is 10.1. The van der Waals surface area contributed by atoms with Gasteiger partial charge in [0.25, 0.3) is 0 Å². The van der Waals surface area contributed by atoms with E-state index in [1.807, 2.05) is 18.2 Å².